The zero-order chi connectivity index (χ0) is 10.9. The van der Waals surface area contributed by atoms with Gasteiger partial charge in [0.15, 0.2) is 0 Å². The summed E-state index contributed by atoms with van der Waals surface area (Å²) in [6.45, 7) is 4.77. The molecule has 0 radical (unpaired) electrons. The van der Waals surface area contributed by atoms with Gasteiger partial charge < -0.3 is 10.2 Å². The first kappa shape index (κ1) is 13.9. The number of hydrogen-bond acceptors (Lipinski definition) is 2. The zero-order valence-corrected chi connectivity index (χ0v) is 9.76. The molecule has 0 bridgehead atoms. The molecule has 0 fully saturated rings. The highest BCUT2D eigenvalue weighted by atomic mass is 16.3. The van der Waals surface area contributed by atoms with E-state index in [9.17, 15) is 5.11 Å². The van der Waals surface area contributed by atoms with Crippen LogP contribution in [0.15, 0.2) is 0 Å². The normalized spacial score (nSPS) is 12.0. The summed E-state index contributed by atoms with van der Waals surface area (Å²) in [5.41, 5.74) is 0.000764. The van der Waals surface area contributed by atoms with Crippen molar-refractivity contribution in [2.45, 2.75) is 58.8 Å². The molecule has 0 aliphatic rings. The Bertz CT molecular complexity index is 115. The van der Waals surface area contributed by atoms with E-state index in [4.69, 9.17) is 5.11 Å². The summed E-state index contributed by atoms with van der Waals surface area (Å²) in [7, 11) is 0. The fourth-order valence-electron chi connectivity index (χ4n) is 1.95. The van der Waals surface area contributed by atoms with Gasteiger partial charge in [0.2, 0.25) is 0 Å². The van der Waals surface area contributed by atoms with Gasteiger partial charge in [-0.25, -0.2) is 0 Å². The van der Waals surface area contributed by atoms with Crippen molar-refractivity contribution in [3.05, 3.63) is 0 Å². The van der Waals surface area contributed by atoms with Crippen molar-refractivity contribution >= 4 is 0 Å². The summed E-state index contributed by atoms with van der Waals surface area (Å²) in [6.07, 6.45) is 7.51. The summed E-state index contributed by atoms with van der Waals surface area (Å²) in [5, 5.41) is 18.5. The molecule has 0 aromatic carbocycles. The van der Waals surface area contributed by atoms with Gasteiger partial charge in [-0.1, -0.05) is 39.5 Å². The van der Waals surface area contributed by atoms with Crippen LogP contribution in [0.3, 0.4) is 0 Å². The Morgan fingerprint density at radius 2 is 1.36 bits per heavy atom. The van der Waals surface area contributed by atoms with Gasteiger partial charge >= 0.3 is 0 Å². The molecule has 86 valence electrons. The Balaban J connectivity index is 4.11. The summed E-state index contributed by atoms with van der Waals surface area (Å²) in [4.78, 5) is 0. The van der Waals surface area contributed by atoms with E-state index in [1.165, 1.54) is 12.8 Å². The third-order valence-electron chi connectivity index (χ3n) is 3.10. The van der Waals surface area contributed by atoms with Crippen LogP contribution in [0.4, 0.5) is 0 Å². The van der Waals surface area contributed by atoms with Crippen LogP contribution in [0.5, 0.6) is 0 Å². The van der Waals surface area contributed by atoms with Crippen LogP contribution in [0, 0.1) is 5.41 Å². The largest absolute Gasteiger partial charge is 0.396 e. The highest BCUT2D eigenvalue weighted by Gasteiger charge is 2.27. The predicted octanol–water partition coefficient (Wildman–Crippen LogP) is 2.73. The number of aliphatic hydroxyl groups excluding tert-OH is 2. The van der Waals surface area contributed by atoms with Crippen molar-refractivity contribution in [3.8, 4) is 0 Å². The van der Waals surface area contributed by atoms with E-state index in [0.29, 0.717) is 0 Å². The standard InChI is InChI=1S/C12H26O2/c1-3-5-7-12(11-14,9-10-13)8-6-4-2/h13-14H,3-11H2,1-2H3. The summed E-state index contributed by atoms with van der Waals surface area (Å²) in [5.74, 6) is 0. The SMILES string of the molecule is CCCCC(CO)(CCO)CCCC. The molecule has 0 saturated carbocycles. The van der Waals surface area contributed by atoms with Gasteiger partial charge in [0, 0.05) is 13.2 Å². The number of hydrogen-bond donors (Lipinski definition) is 2. The number of rotatable bonds is 9. The lowest BCUT2D eigenvalue weighted by molar-refractivity contribution is 0.0692. The van der Waals surface area contributed by atoms with Crippen LogP contribution in [0.2, 0.25) is 0 Å². The second-order valence-corrected chi connectivity index (χ2v) is 4.34. The lowest BCUT2D eigenvalue weighted by Crippen LogP contribution is -2.27. The van der Waals surface area contributed by atoms with Gasteiger partial charge in [0.05, 0.1) is 0 Å². The Hall–Kier alpha value is -0.0800. The summed E-state index contributed by atoms with van der Waals surface area (Å²) < 4.78 is 0. The van der Waals surface area contributed by atoms with E-state index < -0.39 is 0 Å². The molecule has 0 amide bonds. The molecule has 0 heterocycles. The molecule has 0 unspecified atom stereocenters. The second-order valence-electron chi connectivity index (χ2n) is 4.34. The van der Waals surface area contributed by atoms with E-state index in [1.807, 2.05) is 0 Å². The molecule has 0 atom stereocenters. The van der Waals surface area contributed by atoms with Crippen molar-refractivity contribution < 1.29 is 10.2 Å². The van der Waals surface area contributed by atoms with E-state index in [-0.39, 0.29) is 18.6 Å². The third kappa shape index (κ3) is 4.97. The Labute approximate surface area is 88.3 Å². The monoisotopic (exact) mass is 202 g/mol. The first-order valence-corrected chi connectivity index (χ1v) is 5.96. The van der Waals surface area contributed by atoms with Crippen LogP contribution in [-0.4, -0.2) is 23.4 Å². The maximum Gasteiger partial charge on any atom is 0.0488 e. The molecule has 14 heavy (non-hydrogen) atoms. The van der Waals surface area contributed by atoms with Gasteiger partial charge in [0.1, 0.15) is 0 Å². The smallest absolute Gasteiger partial charge is 0.0488 e. The molecule has 0 aromatic heterocycles. The van der Waals surface area contributed by atoms with Crippen LogP contribution < -0.4 is 0 Å². The van der Waals surface area contributed by atoms with Gasteiger partial charge in [-0.15, -0.1) is 0 Å². The molecule has 0 saturated heterocycles. The molecule has 0 rings (SSSR count). The lowest BCUT2D eigenvalue weighted by atomic mass is 9.76. The van der Waals surface area contributed by atoms with Gasteiger partial charge in [0.25, 0.3) is 0 Å². The fourth-order valence-corrected chi connectivity index (χ4v) is 1.95. The average molecular weight is 202 g/mol. The van der Waals surface area contributed by atoms with Crippen molar-refractivity contribution in [1.29, 1.82) is 0 Å². The Kier molecular flexibility index (Phi) is 8.20. The minimum atomic E-state index is 0.000764. The average Bonchev–Trinajstić information content (AvgIpc) is 2.22. The maximum atomic E-state index is 9.45. The molecule has 2 heteroatoms. The van der Waals surface area contributed by atoms with Crippen molar-refractivity contribution in [2.75, 3.05) is 13.2 Å². The Morgan fingerprint density at radius 1 is 0.857 bits per heavy atom. The van der Waals surface area contributed by atoms with Gasteiger partial charge in [-0.05, 0) is 24.7 Å². The minimum Gasteiger partial charge on any atom is -0.396 e. The molecule has 0 aliphatic carbocycles. The molecule has 2 nitrogen and oxygen atoms in total. The lowest BCUT2D eigenvalue weighted by Gasteiger charge is -2.31. The summed E-state index contributed by atoms with van der Waals surface area (Å²) in [6, 6.07) is 0. The first-order chi connectivity index (χ1) is 6.74. The fraction of sp³-hybridized carbons (Fsp3) is 1.00. The topological polar surface area (TPSA) is 40.5 Å². The van der Waals surface area contributed by atoms with Crippen molar-refractivity contribution in [1.82, 2.24) is 0 Å². The van der Waals surface area contributed by atoms with E-state index in [1.54, 1.807) is 0 Å². The van der Waals surface area contributed by atoms with Gasteiger partial charge in [-0.3, -0.25) is 0 Å². The van der Waals surface area contributed by atoms with Crippen LogP contribution >= 0.6 is 0 Å². The van der Waals surface area contributed by atoms with Crippen molar-refractivity contribution in [3.63, 3.8) is 0 Å². The first-order valence-electron chi connectivity index (χ1n) is 5.96. The second kappa shape index (κ2) is 8.25. The molecule has 0 aliphatic heterocycles. The molecule has 0 aromatic rings. The third-order valence-corrected chi connectivity index (χ3v) is 3.10. The predicted molar refractivity (Wildman–Crippen MR) is 60.3 cm³/mol. The Morgan fingerprint density at radius 3 is 1.64 bits per heavy atom. The van der Waals surface area contributed by atoms with Crippen LogP contribution in [0.25, 0.3) is 0 Å². The van der Waals surface area contributed by atoms with Crippen LogP contribution in [-0.2, 0) is 0 Å². The minimum absolute atomic E-state index is 0.000764. The molecular weight excluding hydrogens is 176 g/mol. The molecule has 2 N–H and O–H groups in total. The quantitative estimate of drug-likeness (QED) is 0.603. The van der Waals surface area contributed by atoms with Crippen LogP contribution in [0.1, 0.15) is 58.8 Å². The summed E-state index contributed by atoms with van der Waals surface area (Å²) >= 11 is 0. The van der Waals surface area contributed by atoms with E-state index in [0.717, 1.165) is 32.1 Å². The van der Waals surface area contributed by atoms with Gasteiger partial charge in [-0.2, -0.15) is 0 Å². The number of unbranched alkanes of at least 4 members (excludes halogenated alkanes) is 2. The zero-order valence-electron chi connectivity index (χ0n) is 9.76. The molecular formula is C12H26O2. The maximum absolute atomic E-state index is 9.45. The number of aliphatic hydroxyl groups is 2. The molecule has 0 spiro atoms. The highest BCUT2D eigenvalue weighted by molar-refractivity contribution is 4.78. The van der Waals surface area contributed by atoms with E-state index in [2.05, 4.69) is 13.8 Å². The van der Waals surface area contributed by atoms with E-state index >= 15 is 0 Å². The highest BCUT2D eigenvalue weighted by Crippen LogP contribution is 2.33. The van der Waals surface area contributed by atoms with Crippen molar-refractivity contribution in [2.24, 2.45) is 5.41 Å².